The summed E-state index contributed by atoms with van der Waals surface area (Å²) in [5.41, 5.74) is 7.35. The molecule has 4 rings (SSSR count). The first-order valence-electron chi connectivity index (χ1n) is 11.1. The highest BCUT2D eigenvalue weighted by molar-refractivity contribution is 5.94. The molecule has 3 aliphatic rings. The molecule has 3 saturated heterocycles. The minimum atomic E-state index is -0.327. The maximum atomic E-state index is 12.5. The van der Waals surface area contributed by atoms with Gasteiger partial charge in [-0.2, -0.15) is 0 Å². The van der Waals surface area contributed by atoms with Gasteiger partial charge in [0.05, 0.1) is 0 Å². The fourth-order valence-electron chi connectivity index (χ4n) is 5.18. The molecule has 6 heteroatoms. The largest absolute Gasteiger partial charge is 0.368 e. The van der Waals surface area contributed by atoms with E-state index in [2.05, 4.69) is 11.0 Å². The third-order valence-electron chi connectivity index (χ3n) is 6.90. The van der Waals surface area contributed by atoms with Crippen molar-refractivity contribution < 1.29 is 14.3 Å². The quantitative estimate of drug-likeness (QED) is 0.825. The molecule has 2 N–H and O–H groups in total. The molecule has 29 heavy (non-hydrogen) atoms. The second-order valence-corrected chi connectivity index (χ2v) is 8.80. The van der Waals surface area contributed by atoms with Crippen molar-refractivity contribution in [2.45, 2.75) is 50.5 Å². The van der Waals surface area contributed by atoms with Gasteiger partial charge in [0, 0.05) is 31.8 Å². The second kappa shape index (κ2) is 9.26. The molecule has 3 fully saturated rings. The summed E-state index contributed by atoms with van der Waals surface area (Å²) in [6, 6.07) is 7.78. The Morgan fingerprint density at radius 1 is 1.00 bits per heavy atom. The standard InChI is InChI=1S/C23H33N3O3/c24-22(27)20-5-2-1-4-19(20)18-9-11-25(12-10-18)16-17-7-13-26(14-8-17)23(28)21-6-3-15-29-21/h1-2,4-5,17-18,21H,3,6-16H2,(H2,24,27). The van der Waals surface area contributed by atoms with Gasteiger partial charge in [-0.15, -0.1) is 0 Å². The van der Waals surface area contributed by atoms with Crippen LogP contribution >= 0.6 is 0 Å². The number of primary amides is 1. The summed E-state index contributed by atoms with van der Waals surface area (Å²) >= 11 is 0. The SMILES string of the molecule is NC(=O)c1ccccc1C1CCN(CC2CCN(C(=O)C3CCCO3)CC2)CC1. The van der Waals surface area contributed by atoms with E-state index in [4.69, 9.17) is 10.5 Å². The van der Waals surface area contributed by atoms with Crippen molar-refractivity contribution in [1.82, 2.24) is 9.80 Å². The average molecular weight is 400 g/mol. The highest BCUT2D eigenvalue weighted by Gasteiger charge is 2.32. The molecule has 1 atom stereocenters. The fourth-order valence-corrected chi connectivity index (χ4v) is 5.18. The van der Waals surface area contributed by atoms with Gasteiger partial charge < -0.3 is 20.3 Å². The van der Waals surface area contributed by atoms with Crippen molar-refractivity contribution in [2.24, 2.45) is 11.7 Å². The number of nitrogens with zero attached hydrogens (tertiary/aromatic N) is 2. The van der Waals surface area contributed by atoms with E-state index >= 15 is 0 Å². The van der Waals surface area contributed by atoms with Crippen LogP contribution in [0.15, 0.2) is 24.3 Å². The highest BCUT2D eigenvalue weighted by atomic mass is 16.5. The summed E-state index contributed by atoms with van der Waals surface area (Å²) in [7, 11) is 0. The number of likely N-dealkylation sites (tertiary alicyclic amines) is 2. The summed E-state index contributed by atoms with van der Waals surface area (Å²) in [6.07, 6.45) is 6.01. The van der Waals surface area contributed by atoms with Gasteiger partial charge in [0.2, 0.25) is 5.91 Å². The molecule has 2 amide bonds. The summed E-state index contributed by atoms with van der Waals surface area (Å²) in [5.74, 6) is 0.959. The van der Waals surface area contributed by atoms with E-state index in [0.717, 1.165) is 83.4 Å². The molecule has 0 aliphatic carbocycles. The molecule has 0 spiro atoms. The molecule has 0 radical (unpaired) electrons. The van der Waals surface area contributed by atoms with Gasteiger partial charge in [-0.05, 0) is 75.1 Å². The zero-order chi connectivity index (χ0) is 20.2. The molecule has 3 aliphatic heterocycles. The molecule has 0 saturated carbocycles. The third kappa shape index (κ3) is 4.81. The maximum absolute atomic E-state index is 12.5. The monoisotopic (exact) mass is 399 g/mol. The molecule has 3 heterocycles. The topological polar surface area (TPSA) is 75.9 Å². The normalized spacial score (nSPS) is 24.7. The van der Waals surface area contributed by atoms with E-state index < -0.39 is 0 Å². The minimum absolute atomic E-state index is 0.186. The maximum Gasteiger partial charge on any atom is 0.251 e. The zero-order valence-corrected chi connectivity index (χ0v) is 17.2. The number of carbonyl (C=O) groups excluding carboxylic acids is 2. The number of nitrogens with two attached hydrogens (primary N) is 1. The van der Waals surface area contributed by atoms with Crippen LogP contribution in [0, 0.1) is 5.92 Å². The number of hydrogen-bond donors (Lipinski definition) is 1. The lowest BCUT2D eigenvalue weighted by atomic mass is 9.85. The number of piperidine rings is 2. The van der Waals surface area contributed by atoms with E-state index in [1.807, 2.05) is 23.1 Å². The highest BCUT2D eigenvalue weighted by Crippen LogP contribution is 2.31. The first kappa shape index (κ1) is 20.4. The van der Waals surface area contributed by atoms with E-state index in [1.54, 1.807) is 0 Å². The van der Waals surface area contributed by atoms with Crippen LogP contribution in [0.1, 0.15) is 60.4 Å². The Balaban J connectivity index is 1.23. The average Bonchev–Trinajstić information content (AvgIpc) is 3.29. The molecule has 1 aromatic rings. The van der Waals surface area contributed by atoms with E-state index in [0.29, 0.717) is 17.4 Å². The van der Waals surface area contributed by atoms with Crippen LogP contribution in [-0.2, 0) is 9.53 Å². The van der Waals surface area contributed by atoms with Crippen LogP contribution in [0.4, 0.5) is 0 Å². The van der Waals surface area contributed by atoms with Crippen LogP contribution in [0.2, 0.25) is 0 Å². The number of amides is 2. The molecular weight excluding hydrogens is 366 g/mol. The van der Waals surface area contributed by atoms with E-state index in [9.17, 15) is 9.59 Å². The second-order valence-electron chi connectivity index (χ2n) is 8.80. The molecule has 1 aromatic carbocycles. The summed E-state index contributed by atoms with van der Waals surface area (Å²) in [5, 5.41) is 0. The Bertz CT molecular complexity index is 716. The van der Waals surface area contributed by atoms with Gasteiger partial charge in [0.25, 0.3) is 5.91 Å². The van der Waals surface area contributed by atoms with Crippen LogP contribution in [0.5, 0.6) is 0 Å². The lowest BCUT2D eigenvalue weighted by molar-refractivity contribution is -0.142. The van der Waals surface area contributed by atoms with Gasteiger partial charge in [-0.25, -0.2) is 0 Å². The van der Waals surface area contributed by atoms with Crippen LogP contribution in [0.25, 0.3) is 0 Å². The molecule has 1 unspecified atom stereocenters. The fraction of sp³-hybridized carbons (Fsp3) is 0.652. The first-order valence-corrected chi connectivity index (χ1v) is 11.1. The summed E-state index contributed by atoms with van der Waals surface area (Å²) in [6.45, 7) is 5.70. The number of benzene rings is 1. The van der Waals surface area contributed by atoms with Crippen LogP contribution in [0.3, 0.4) is 0 Å². The predicted molar refractivity (Wildman–Crippen MR) is 112 cm³/mol. The number of rotatable bonds is 5. The van der Waals surface area contributed by atoms with Gasteiger partial charge >= 0.3 is 0 Å². The minimum Gasteiger partial charge on any atom is -0.368 e. The Morgan fingerprint density at radius 2 is 1.72 bits per heavy atom. The van der Waals surface area contributed by atoms with Gasteiger partial charge in [0.15, 0.2) is 0 Å². The lowest BCUT2D eigenvalue weighted by Crippen LogP contribution is -2.46. The summed E-state index contributed by atoms with van der Waals surface area (Å²) in [4.78, 5) is 28.8. The van der Waals surface area contributed by atoms with Crippen LogP contribution in [-0.4, -0.2) is 67.0 Å². The predicted octanol–water partition coefficient (Wildman–Crippen LogP) is 2.38. The molecule has 0 bridgehead atoms. The van der Waals surface area contributed by atoms with E-state index in [1.165, 1.54) is 0 Å². The Kier molecular flexibility index (Phi) is 6.50. The lowest BCUT2D eigenvalue weighted by Gasteiger charge is -2.38. The van der Waals surface area contributed by atoms with Crippen molar-refractivity contribution in [3.8, 4) is 0 Å². The zero-order valence-electron chi connectivity index (χ0n) is 17.2. The summed E-state index contributed by atoms with van der Waals surface area (Å²) < 4.78 is 5.56. The van der Waals surface area contributed by atoms with Gasteiger partial charge in [-0.1, -0.05) is 18.2 Å². The molecular formula is C23H33N3O3. The van der Waals surface area contributed by atoms with Crippen molar-refractivity contribution in [3.63, 3.8) is 0 Å². The molecule has 158 valence electrons. The van der Waals surface area contributed by atoms with E-state index in [-0.39, 0.29) is 17.9 Å². The van der Waals surface area contributed by atoms with Crippen molar-refractivity contribution in [2.75, 3.05) is 39.3 Å². The van der Waals surface area contributed by atoms with Crippen molar-refractivity contribution >= 4 is 11.8 Å². The third-order valence-corrected chi connectivity index (χ3v) is 6.90. The first-order chi connectivity index (χ1) is 14.1. The molecule has 6 nitrogen and oxygen atoms in total. The van der Waals surface area contributed by atoms with Crippen molar-refractivity contribution in [1.29, 1.82) is 0 Å². The Morgan fingerprint density at radius 3 is 2.38 bits per heavy atom. The Labute approximate surface area is 173 Å². The number of carbonyl (C=O) groups is 2. The smallest absolute Gasteiger partial charge is 0.251 e. The van der Waals surface area contributed by atoms with Gasteiger partial charge in [-0.3, -0.25) is 9.59 Å². The van der Waals surface area contributed by atoms with Crippen molar-refractivity contribution in [3.05, 3.63) is 35.4 Å². The number of ether oxygens (including phenoxy) is 1. The van der Waals surface area contributed by atoms with Crippen LogP contribution < -0.4 is 5.73 Å². The Hall–Kier alpha value is -1.92. The van der Waals surface area contributed by atoms with Gasteiger partial charge in [0.1, 0.15) is 6.10 Å². The molecule has 0 aromatic heterocycles. The number of hydrogen-bond acceptors (Lipinski definition) is 4.